The second-order valence-corrected chi connectivity index (χ2v) is 26.0. The van der Waals surface area contributed by atoms with Crippen molar-refractivity contribution >= 4 is 11.9 Å². The number of amides is 1. The number of aliphatic hydroxyl groups excluding tert-OH is 2. The van der Waals surface area contributed by atoms with E-state index in [0.717, 1.165) is 38.5 Å². The summed E-state index contributed by atoms with van der Waals surface area (Å²) in [6, 6.07) is -0.620. The minimum Gasteiger partial charge on any atom is -0.466 e. The second kappa shape index (κ2) is 71.8. The van der Waals surface area contributed by atoms with Crippen LogP contribution in [0.3, 0.4) is 0 Å². The van der Waals surface area contributed by atoms with Gasteiger partial charge in [-0.3, -0.25) is 9.59 Å². The average Bonchev–Trinajstić information content (AvgIpc) is 3.48. The molecule has 0 heterocycles. The molecule has 0 spiro atoms. The van der Waals surface area contributed by atoms with Gasteiger partial charge in [-0.05, 0) is 57.8 Å². The van der Waals surface area contributed by atoms with Crippen LogP contribution in [0.15, 0.2) is 24.3 Å². The zero-order valence-corrected chi connectivity index (χ0v) is 55.8. The first-order valence-corrected chi connectivity index (χ1v) is 37.6. The number of unbranched alkanes of at least 4 members (excludes halogenated alkanes) is 58. The fraction of sp³-hybridized carbons (Fsp3) is 0.921. The Morgan fingerprint density at radius 3 is 0.866 bits per heavy atom. The van der Waals surface area contributed by atoms with Gasteiger partial charge < -0.3 is 20.3 Å². The summed E-state index contributed by atoms with van der Waals surface area (Å²) < 4.78 is 5.51. The van der Waals surface area contributed by atoms with E-state index < -0.39 is 12.1 Å². The van der Waals surface area contributed by atoms with Gasteiger partial charge in [0.1, 0.15) is 0 Å². The van der Waals surface area contributed by atoms with E-state index in [9.17, 15) is 19.8 Å². The van der Waals surface area contributed by atoms with Crippen molar-refractivity contribution in [3.8, 4) is 0 Å². The van der Waals surface area contributed by atoms with E-state index in [-0.39, 0.29) is 18.5 Å². The molecule has 1 amide bonds. The number of esters is 1. The largest absolute Gasteiger partial charge is 0.466 e. The van der Waals surface area contributed by atoms with Crippen LogP contribution in [-0.4, -0.2) is 47.4 Å². The molecule has 0 bridgehead atoms. The number of nitrogens with one attached hydrogen (secondary N) is 1. The molecular formula is C76H147NO5. The number of aliphatic hydroxyl groups is 2. The van der Waals surface area contributed by atoms with E-state index in [2.05, 4.69) is 31.3 Å². The molecule has 0 saturated carbocycles. The molecule has 486 valence electrons. The molecule has 0 aliphatic rings. The first kappa shape index (κ1) is 80.3. The maximum Gasteiger partial charge on any atom is 0.305 e. The molecule has 0 aromatic carbocycles. The highest BCUT2D eigenvalue weighted by molar-refractivity contribution is 5.76. The fourth-order valence-electron chi connectivity index (χ4n) is 12.0. The molecule has 82 heavy (non-hydrogen) atoms. The van der Waals surface area contributed by atoms with Crippen LogP contribution in [0.2, 0.25) is 0 Å². The minimum absolute atomic E-state index is 0.0212. The van der Waals surface area contributed by atoms with Crippen LogP contribution in [0.1, 0.15) is 425 Å². The third-order valence-electron chi connectivity index (χ3n) is 17.7. The van der Waals surface area contributed by atoms with E-state index in [4.69, 9.17) is 4.74 Å². The van der Waals surface area contributed by atoms with E-state index in [1.54, 1.807) is 6.08 Å². The smallest absolute Gasteiger partial charge is 0.305 e. The number of hydrogen-bond acceptors (Lipinski definition) is 5. The van der Waals surface area contributed by atoms with Gasteiger partial charge in [0.05, 0.1) is 25.4 Å². The SMILES string of the molecule is CCCCCCCC/C=C\CCCCCCCCCC(=O)OCCCCCCCCCCCCCCCCCCCCCCCCCCCCCCCCCCCCCCCCCC(=O)NC(CO)C(O)/C=C/CCCCCCCCC. The number of carbonyl (C=O) groups is 2. The quantitative estimate of drug-likeness (QED) is 0.0320. The summed E-state index contributed by atoms with van der Waals surface area (Å²) in [6.45, 7) is 4.91. The summed E-state index contributed by atoms with van der Waals surface area (Å²) in [5.74, 6) is -0.0416. The van der Waals surface area contributed by atoms with Gasteiger partial charge in [0.25, 0.3) is 0 Å². The van der Waals surface area contributed by atoms with Crippen LogP contribution in [-0.2, 0) is 14.3 Å². The Morgan fingerprint density at radius 1 is 0.329 bits per heavy atom. The third kappa shape index (κ3) is 67.5. The molecule has 0 aromatic heterocycles. The van der Waals surface area contributed by atoms with Crippen LogP contribution in [0.25, 0.3) is 0 Å². The van der Waals surface area contributed by atoms with Crippen molar-refractivity contribution in [2.75, 3.05) is 13.2 Å². The van der Waals surface area contributed by atoms with Crippen molar-refractivity contribution in [1.29, 1.82) is 0 Å². The molecular weight excluding hydrogens is 1010 g/mol. The van der Waals surface area contributed by atoms with E-state index in [1.807, 2.05) is 6.08 Å². The Labute approximate surface area is 513 Å². The van der Waals surface area contributed by atoms with Crippen LogP contribution in [0.4, 0.5) is 0 Å². The molecule has 0 fully saturated rings. The number of hydrogen-bond donors (Lipinski definition) is 3. The molecule has 0 saturated heterocycles. The van der Waals surface area contributed by atoms with Gasteiger partial charge in [-0.25, -0.2) is 0 Å². The fourth-order valence-corrected chi connectivity index (χ4v) is 12.0. The van der Waals surface area contributed by atoms with Gasteiger partial charge >= 0.3 is 5.97 Å². The molecule has 0 aromatic rings. The normalized spacial score (nSPS) is 12.6. The Kier molecular flexibility index (Phi) is 70.4. The topological polar surface area (TPSA) is 95.9 Å². The highest BCUT2D eigenvalue weighted by Gasteiger charge is 2.18. The third-order valence-corrected chi connectivity index (χ3v) is 17.7. The Balaban J connectivity index is 3.26. The molecule has 6 heteroatoms. The number of allylic oxidation sites excluding steroid dienone is 3. The lowest BCUT2D eigenvalue weighted by Crippen LogP contribution is -2.45. The lowest BCUT2D eigenvalue weighted by Gasteiger charge is -2.20. The Bertz CT molecular complexity index is 1280. The van der Waals surface area contributed by atoms with Crippen molar-refractivity contribution in [1.82, 2.24) is 5.32 Å². The van der Waals surface area contributed by atoms with Crippen LogP contribution in [0.5, 0.6) is 0 Å². The van der Waals surface area contributed by atoms with Gasteiger partial charge in [0.2, 0.25) is 5.91 Å². The van der Waals surface area contributed by atoms with Crippen LogP contribution >= 0.6 is 0 Å². The maximum absolute atomic E-state index is 12.4. The molecule has 6 nitrogen and oxygen atoms in total. The second-order valence-electron chi connectivity index (χ2n) is 26.0. The molecule has 0 aliphatic carbocycles. The van der Waals surface area contributed by atoms with E-state index >= 15 is 0 Å². The van der Waals surface area contributed by atoms with Gasteiger partial charge in [-0.1, -0.05) is 378 Å². The zero-order chi connectivity index (χ0) is 59.2. The summed E-state index contributed by atoms with van der Waals surface area (Å²) in [4.78, 5) is 24.5. The van der Waals surface area contributed by atoms with Gasteiger partial charge in [0.15, 0.2) is 0 Å². The average molecular weight is 1160 g/mol. The van der Waals surface area contributed by atoms with Crippen molar-refractivity contribution in [2.24, 2.45) is 0 Å². The summed E-state index contributed by atoms with van der Waals surface area (Å²) in [5, 5.41) is 23.0. The van der Waals surface area contributed by atoms with Crippen molar-refractivity contribution < 1.29 is 24.5 Å². The maximum atomic E-state index is 12.4. The molecule has 0 radical (unpaired) electrons. The van der Waals surface area contributed by atoms with Gasteiger partial charge in [-0.15, -0.1) is 0 Å². The summed E-state index contributed by atoms with van der Waals surface area (Å²) >= 11 is 0. The first-order chi connectivity index (χ1) is 40.5. The minimum atomic E-state index is -0.837. The molecule has 2 unspecified atom stereocenters. The summed E-state index contributed by atoms with van der Waals surface area (Å²) in [6.07, 6.45) is 91.7. The van der Waals surface area contributed by atoms with Crippen molar-refractivity contribution in [3.63, 3.8) is 0 Å². The molecule has 2 atom stereocenters. The van der Waals surface area contributed by atoms with E-state index in [0.29, 0.717) is 19.4 Å². The predicted molar refractivity (Wildman–Crippen MR) is 361 cm³/mol. The monoisotopic (exact) mass is 1150 g/mol. The van der Waals surface area contributed by atoms with Crippen LogP contribution < -0.4 is 5.32 Å². The summed E-state index contributed by atoms with van der Waals surface area (Å²) in [5.41, 5.74) is 0. The van der Waals surface area contributed by atoms with Crippen molar-refractivity contribution in [2.45, 2.75) is 437 Å². The lowest BCUT2D eigenvalue weighted by atomic mass is 10.0. The van der Waals surface area contributed by atoms with Gasteiger partial charge in [0, 0.05) is 12.8 Å². The Hall–Kier alpha value is -1.66. The molecule has 0 rings (SSSR count). The number of carbonyl (C=O) groups excluding carboxylic acids is 2. The van der Waals surface area contributed by atoms with Gasteiger partial charge in [-0.2, -0.15) is 0 Å². The highest BCUT2D eigenvalue weighted by Crippen LogP contribution is 2.19. The highest BCUT2D eigenvalue weighted by atomic mass is 16.5. The number of ether oxygens (including phenoxy) is 1. The zero-order valence-electron chi connectivity index (χ0n) is 55.8. The molecule has 0 aliphatic heterocycles. The molecule has 3 N–H and O–H groups in total. The van der Waals surface area contributed by atoms with E-state index in [1.165, 1.54) is 360 Å². The van der Waals surface area contributed by atoms with Crippen LogP contribution in [0, 0.1) is 0 Å². The number of rotatable bonds is 71. The Morgan fingerprint density at radius 2 is 0.573 bits per heavy atom. The summed E-state index contributed by atoms with van der Waals surface area (Å²) in [7, 11) is 0. The predicted octanol–water partition coefficient (Wildman–Crippen LogP) is 24.5. The lowest BCUT2D eigenvalue weighted by molar-refractivity contribution is -0.143. The van der Waals surface area contributed by atoms with Crippen molar-refractivity contribution in [3.05, 3.63) is 24.3 Å². The standard InChI is InChI=1S/C76H147NO5/c1-3-5-7-9-11-13-14-15-16-40-44-47-50-54-58-62-66-70-76(81)82-71-67-63-59-55-51-48-45-42-39-37-35-33-31-29-27-25-23-21-19-17-18-20-22-24-26-28-30-32-34-36-38-41-43-46-49-53-57-61-65-69-75(80)77-73(72-78)74(79)68-64-60-56-52-12-10-8-6-4-2/h15-16,64,68,73-74,78-79H,3-14,17-63,65-67,69-72H2,1-2H3,(H,77,80)/b16-15-,68-64+. The first-order valence-electron chi connectivity index (χ1n) is 37.6.